The molecule has 0 heterocycles. The van der Waals surface area contributed by atoms with Crippen molar-refractivity contribution in [2.45, 2.75) is 13.8 Å². The number of halogens is 1. The van der Waals surface area contributed by atoms with Crippen LogP contribution >= 0.6 is 15.9 Å². The molecule has 0 bridgehead atoms. The predicted molar refractivity (Wildman–Crippen MR) is 96.7 cm³/mol. The lowest BCUT2D eigenvalue weighted by atomic mass is 10.2. The van der Waals surface area contributed by atoms with Crippen molar-refractivity contribution in [1.82, 2.24) is 0 Å². The van der Waals surface area contributed by atoms with Crippen molar-refractivity contribution < 1.29 is 9.59 Å². The third-order valence-corrected chi connectivity index (χ3v) is 3.61. The number of carbonyl (C=O) groups is 2. The maximum Gasteiger partial charge on any atom is 0.243 e. The average molecular weight is 376 g/mol. The smallest absolute Gasteiger partial charge is 0.243 e. The van der Waals surface area contributed by atoms with Crippen molar-refractivity contribution >= 4 is 44.8 Å². The normalized spacial score (nSPS) is 10.0. The number of aryl methyl sites for hydroxylation is 1. The number of hydrogen-bond acceptors (Lipinski definition) is 3. The SMILES string of the molecule is CC(=O)Nc1ccc(NC(=O)CNc2ccc(Br)cc2C)cc1. The Bertz CT molecular complexity index is 714. The minimum atomic E-state index is -0.139. The van der Waals surface area contributed by atoms with Gasteiger partial charge in [-0.25, -0.2) is 0 Å². The van der Waals surface area contributed by atoms with Gasteiger partial charge in [-0.05, 0) is 55.0 Å². The highest BCUT2D eigenvalue weighted by Gasteiger charge is 2.04. The molecule has 2 amide bonds. The summed E-state index contributed by atoms with van der Waals surface area (Å²) in [5.41, 5.74) is 3.36. The van der Waals surface area contributed by atoms with E-state index in [1.807, 2.05) is 25.1 Å². The average Bonchev–Trinajstić information content (AvgIpc) is 2.48. The number of anilines is 3. The lowest BCUT2D eigenvalue weighted by Crippen LogP contribution is -2.22. The Kier molecular flexibility index (Phi) is 5.76. The summed E-state index contributed by atoms with van der Waals surface area (Å²) in [4.78, 5) is 22.9. The fourth-order valence-corrected chi connectivity index (χ4v) is 2.52. The summed E-state index contributed by atoms with van der Waals surface area (Å²) in [6.07, 6.45) is 0. The van der Waals surface area contributed by atoms with Gasteiger partial charge in [0.1, 0.15) is 0 Å². The fraction of sp³-hybridized carbons (Fsp3) is 0.176. The molecule has 0 aromatic heterocycles. The van der Waals surface area contributed by atoms with Crippen molar-refractivity contribution in [3.63, 3.8) is 0 Å². The van der Waals surface area contributed by atoms with Crippen LogP contribution in [0.2, 0.25) is 0 Å². The van der Waals surface area contributed by atoms with Gasteiger partial charge in [0.2, 0.25) is 11.8 Å². The van der Waals surface area contributed by atoms with Gasteiger partial charge in [0, 0.05) is 28.5 Å². The van der Waals surface area contributed by atoms with Gasteiger partial charge >= 0.3 is 0 Å². The molecule has 0 saturated heterocycles. The van der Waals surface area contributed by atoms with Gasteiger partial charge in [0.25, 0.3) is 0 Å². The number of benzene rings is 2. The zero-order valence-electron chi connectivity index (χ0n) is 12.9. The number of hydrogen-bond donors (Lipinski definition) is 3. The Hall–Kier alpha value is -2.34. The Morgan fingerprint density at radius 3 is 2.17 bits per heavy atom. The van der Waals surface area contributed by atoms with E-state index in [-0.39, 0.29) is 18.4 Å². The lowest BCUT2D eigenvalue weighted by molar-refractivity contribution is -0.115. The van der Waals surface area contributed by atoms with Crippen LogP contribution in [0.3, 0.4) is 0 Å². The fourth-order valence-electron chi connectivity index (χ4n) is 2.05. The first-order valence-electron chi connectivity index (χ1n) is 7.11. The molecule has 5 nitrogen and oxygen atoms in total. The molecule has 0 aliphatic rings. The topological polar surface area (TPSA) is 70.2 Å². The molecule has 0 spiro atoms. The molecule has 120 valence electrons. The molecule has 0 aliphatic carbocycles. The molecule has 3 N–H and O–H groups in total. The van der Waals surface area contributed by atoms with Gasteiger partial charge < -0.3 is 16.0 Å². The second-order valence-corrected chi connectivity index (χ2v) is 6.04. The molecule has 2 rings (SSSR count). The van der Waals surface area contributed by atoms with Crippen molar-refractivity contribution in [1.29, 1.82) is 0 Å². The second kappa shape index (κ2) is 7.78. The zero-order chi connectivity index (χ0) is 16.8. The van der Waals surface area contributed by atoms with Crippen LogP contribution in [-0.2, 0) is 9.59 Å². The largest absolute Gasteiger partial charge is 0.376 e. The van der Waals surface area contributed by atoms with Crippen LogP contribution in [0.5, 0.6) is 0 Å². The summed E-state index contributed by atoms with van der Waals surface area (Å²) in [5, 5.41) is 8.58. The second-order valence-electron chi connectivity index (χ2n) is 5.12. The molecule has 0 saturated carbocycles. The summed E-state index contributed by atoms with van der Waals surface area (Å²) in [6.45, 7) is 3.60. The maximum absolute atomic E-state index is 12.0. The quantitative estimate of drug-likeness (QED) is 0.744. The van der Waals surface area contributed by atoms with Gasteiger partial charge in [-0.3, -0.25) is 9.59 Å². The molecule has 0 atom stereocenters. The molecule has 0 aliphatic heterocycles. The van der Waals surface area contributed by atoms with E-state index in [0.29, 0.717) is 11.4 Å². The maximum atomic E-state index is 12.0. The Balaban J connectivity index is 1.88. The van der Waals surface area contributed by atoms with Crippen molar-refractivity contribution in [3.05, 3.63) is 52.5 Å². The lowest BCUT2D eigenvalue weighted by Gasteiger charge is -2.11. The predicted octanol–water partition coefficient (Wildman–Crippen LogP) is 3.77. The summed E-state index contributed by atoms with van der Waals surface area (Å²) < 4.78 is 1.00. The first-order valence-corrected chi connectivity index (χ1v) is 7.91. The molecule has 0 fully saturated rings. The molecule has 23 heavy (non-hydrogen) atoms. The summed E-state index contributed by atoms with van der Waals surface area (Å²) in [7, 11) is 0. The van der Waals surface area contributed by atoms with Crippen molar-refractivity contribution in [2.75, 3.05) is 22.5 Å². The van der Waals surface area contributed by atoms with E-state index in [1.165, 1.54) is 6.92 Å². The molecule has 6 heteroatoms. The van der Waals surface area contributed by atoms with Gasteiger partial charge in [-0.2, -0.15) is 0 Å². The Labute approximate surface area is 143 Å². The van der Waals surface area contributed by atoms with Crippen LogP contribution in [-0.4, -0.2) is 18.4 Å². The Morgan fingerprint density at radius 2 is 1.61 bits per heavy atom. The van der Waals surface area contributed by atoms with Crippen LogP contribution in [0, 0.1) is 6.92 Å². The van der Waals surface area contributed by atoms with Gasteiger partial charge in [-0.1, -0.05) is 15.9 Å². The number of carbonyl (C=O) groups excluding carboxylic acids is 2. The molecule has 0 radical (unpaired) electrons. The highest BCUT2D eigenvalue weighted by Crippen LogP contribution is 2.20. The molecule has 2 aromatic rings. The third-order valence-electron chi connectivity index (χ3n) is 3.12. The molecule has 0 unspecified atom stereocenters. The van der Waals surface area contributed by atoms with Crippen molar-refractivity contribution in [3.8, 4) is 0 Å². The van der Waals surface area contributed by atoms with Crippen LogP contribution < -0.4 is 16.0 Å². The standard InChI is InChI=1S/C17H18BrN3O2/c1-11-9-13(18)3-8-16(11)19-10-17(23)21-15-6-4-14(5-7-15)20-12(2)22/h3-9,19H,10H2,1-2H3,(H,20,22)(H,21,23). The summed E-state index contributed by atoms with van der Waals surface area (Å²) in [6, 6.07) is 12.8. The molecular weight excluding hydrogens is 358 g/mol. The van der Waals surface area contributed by atoms with E-state index < -0.39 is 0 Å². The highest BCUT2D eigenvalue weighted by atomic mass is 79.9. The van der Waals surface area contributed by atoms with E-state index >= 15 is 0 Å². The number of nitrogens with one attached hydrogen (secondary N) is 3. The van der Waals surface area contributed by atoms with E-state index in [4.69, 9.17) is 0 Å². The first kappa shape index (κ1) is 17.0. The van der Waals surface area contributed by atoms with Gasteiger partial charge in [0.15, 0.2) is 0 Å². The minimum Gasteiger partial charge on any atom is -0.376 e. The van der Waals surface area contributed by atoms with E-state index in [0.717, 1.165) is 15.7 Å². The van der Waals surface area contributed by atoms with Crippen LogP contribution in [0.25, 0.3) is 0 Å². The van der Waals surface area contributed by atoms with Gasteiger partial charge in [0.05, 0.1) is 6.54 Å². The zero-order valence-corrected chi connectivity index (χ0v) is 14.5. The summed E-state index contributed by atoms with van der Waals surface area (Å²) >= 11 is 3.41. The first-order chi connectivity index (χ1) is 10.9. The van der Waals surface area contributed by atoms with E-state index in [1.54, 1.807) is 24.3 Å². The van der Waals surface area contributed by atoms with Crippen molar-refractivity contribution in [2.24, 2.45) is 0 Å². The highest BCUT2D eigenvalue weighted by molar-refractivity contribution is 9.10. The van der Waals surface area contributed by atoms with E-state index in [9.17, 15) is 9.59 Å². The van der Waals surface area contributed by atoms with E-state index in [2.05, 4.69) is 31.9 Å². The van der Waals surface area contributed by atoms with Crippen LogP contribution in [0.4, 0.5) is 17.1 Å². The monoisotopic (exact) mass is 375 g/mol. The van der Waals surface area contributed by atoms with Gasteiger partial charge in [-0.15, -0.1) is 0 Å². The summed E-state index contributed by atoms with van der Waals surface area (Å²) in [5.74, 6) is -0.268. The number of rotatable bonds is 5. The molecule has 2 aromatic carbocycles. The van der Waals surface area contributed by atoms with Crippen LogP contribution in [0.1, 0.15) is 12.5 Å². The Morgan fingerprint density at radius 1 is 1.00 bits per heavy atom. The number of amides is 2. The molecular formula is C17H18BrN3O2. The van der Waals surface area contributed by atoms with Crippen LogP contribution in [0.15, 0.2) is 46.9 Å². The third kappa shape index (κ3) is 5.41. The minimum absolute atomic E-state index is 0.129.